The molecule has 0 spiro atoms. The predicted molar refractivity (Wildman–Crippen MR) is 80.2 cm³/mol. The SMILES string of the molecule is CCC(C)(CC)NS(=O)(=O)c1ccc(OC)c(CN)c1. The van der Waals surface area contributed by atoms with Crippen LogP contribution in [0, 0.1) is 0 Å². The van der Waals surface area contributed by atoms with Crippen molar-refractivity contribution in [2.45, 2.75) is 50.6 Å². The van der Waals surface area contributed by atoms with Crippen molar-refractivity contribution in [2.75, 3.05) is 7.11 Å². The van der Waals surface area contributed by atoms with Crippen LogP contribution in [0.4, 0.5) is 0 Å². The second kappa shape index (κ2) is 6.56. The van der Waals surface area contributed by atoms with Gasteiger partial charge in [-0.1, -0.05) is 13.8 Å². The first-order valence-electron chi connectivity index (χ1n) is 6.73. The summed E-state index contributed by atoms with van der Waals surface area (Å²) in [5.74, 6) is 0.597. The topological polar surface area (TPSA) is 81.4 Å². The number of rotatable bonds is 7. The second-order valence-corrected chi connectivity index (χ2v) is 6.73. The van der Waals surface area contributed by atoms with Crippen LogP contribution in [0.2, 0.25) is 0 Å². The number of hydrogen-bond acceptors (Lipinski definition) is 4. The minimum Gasteiger partial charge on any atom is -0.496 e. The Kier molecular flexibility index (Phi) is 5.56. The average Bonchev–Trinajstić information content (AvgIpc) is 2.45. The normalized spacial score (nSPS) is 12.4. The predicted octanol–water partition coefficient (Wildman–Crippen LogP) is 2.01. The van der Waals surface area contributed by atoms with Crippen LogP contribution in [0.5, 0.6) is 5.75 Å². The molecule has 0 aliphatic carbocycles. The molecule has 3 N–H and O–H groups in total. The van der Waals surface area contributed by atoms with Gasteiger partial charge in [0.1, 0.15) is 5.75 Å². The van der Waals surface area contributed by atoms with E-state index in [-0.39, 0.29) is 11.4 Å². The summed E-state index contributed by atoms with van der Waals surface area (Å²) >= 11 is 0. The highest BCUT2D eigenvalue weighted by atomic mass is 32.2. The number of sulfonamides is 1. The summed E-state index contributed by atoms with van der Waals surface area (Å²) < 4.78 is 32.8. The molecule has 114 valence electrons. The first-order chi connectivity index (χ1) is 9.31. The zero-order valence-electron chi connectivity index (χ0n) is 12.6. The minimum absolute atomic E-state index is 0.215. The molecule has 1 rings (SSSR count). The summed E-state index contributed by atoms with van der Waals surface area (Å²) in [6.45, 7) is 6.06. The third kappa shape index (κ3) is 3.71. The maximum Gasteiger partial charge on any atom is 0.241 e. The first-order valence-corrected chi connectivity index (χ1v) is 8.21. The third-order valence-electron chi connectivity index (χ3n) is 3.72. The smallest absolute Gasteiger partial charge is 0.241 e. The molecule has 0 radical (unpaired) electrons. The quantitative estimate of drug-likeness (QED) is 0.807. The average molecular weight is 300 g/mol. The van der Waals surface area contributed by atoms with Crippen molar-refractivity contribution in [3.63, 3.8) is 0 Å². The molecule has 0 bridgehead atoms. The Labute approximate surface area is 121 Å². The van der Waals surface area contributed by atoms with E-state index in [4.69, 9.17) is 10.5 Å². The van der Waals surface area contributed by atoms with E-state index in [9.17, 15) is 8.42 Å². The minimum atomic E-state index is -3.56. The van der Waals surface area contributed by atoms with Gasteiger partial charge in [-0.05, 0) is 38.0 Å². The van der Waals surface area contributed by atoms with Crippen molar-refractivity contribution in [2.24, 2.45) is 5.73 Å². The molecule has 1 aromatic carbocycles. The Balaban J connectivity index is 3.16. The van der Waals surface area contributed by atoms with Crippen LogP contribution in [0.3, 0.4) is 0 Å². The number of methoxy groups -OCH3 is 1. The molecule has 5 nitrogen and oxygen atoms in total. The van der Waals surface area contributed by atoms with Crippen LogP contribution in [-0.4, -0.2) is 21.1 Å². The Hall–Kier alpha value is -1.11. The zero-order chi connectivity index (χ0) is 15.4. The number of hydrogen-bond donors (Lipinski definition) is 2. The van der Waals surface area contributed by atoms with Crippen LogP contribution in [-0.2, 0) is 16.6 Å². The lowest BCUT2D eigenvalue weighted by Crippen LogP contribution is -2.44. The Morgan fingerprint density at radius 2 is 1.90 bits per heavy atom. The monoisotopic (exact) mass is 300 g/mol. The molecular weight excluding hydrogens is 276 g/mol. The van der Waals surface area contributed by atoms with E-state index in [0.29, 0.717) is 11.3 Å². The molecule has 0 aromatic heterocycles. The van der Waals surface area contributed by atoms with Crippen molar-refractivity contribution in [1.29, 1.82) is 0 Å². The summed E-state index contributed by atoms with van der Waals surface area (Å²) in [6.07, 6.45) is 1.45. The highest BCUT2D eigenvalue weighted by Gasteiger charge is 2.27. The van der Waals surface area contributed by atoms with E-state index in [1.54, 1.807) is 12.1 Å². The number of nitrogens with two attached hydrogens (primary N) is 1. The molecule has 0 unspecified atom stereocenters. The van der Waals surface area contributed by atoms with Crippen molar-refractivity contribution in [1.82, 2.24) is 4.72 Å². The van der Waals surface area contributed by atoms with E-state index in [1.807, 2.05) is 20.8 Å². The van der Waals surface area contributed by atoms with Crippen LogP contribution < -0.4 is 15.2 Å². The fourth-order valence-electron chi connectivity index (χ4n) is 1.86. The number of benzene rings is 1. The molecule has 0 atom stereocenters. The molecule has 0 aliphatic rings. The number of nitrogens with one attached hydrogen (secondary N) is 1. The molecule has 20 heavy (non-hydrogen) atoms. The maximum atomic E-state index is 12.4. The summed E-state index contributed by atoms with van der Waals surface area (Å²) in [4.78, 5) is 0.215. The molecule has 1 aromatic rings. The summed E-state index contributed by atoms with van der Waals surface area (Å²) in [5.41, 5.74) is 5.85. The standard InChI is InChI=1S/C14H24N2O3S/c1-5-14(3,6-2)16-20(17,18)12-7-8-13(19-4)11(9-12)10-15/h7-9,16H,5-6,10,15H2,1-4H3. The van der Waals surface area contributed by atoms with Gasteiger partial charge in [0, 0.05) is 17.6 Å². The Morgan fingerprint density at radius 3 is 2.35 bits per heavy atom. The lowest BCUT2D eigenvalue weighted by Gasteiger charge is -2.28. The largest absolute Gasteiger partial charge is 0.496 e. The first kappa shape index (κ1) is 16.9. The lowest BCUT2D eigenvalue weighted by atomic mass is 9.98. The summed E-state index contributed by atoms with van der Waals surface area (Å²) in [6, 6.07) is 4.73. The van der Waals surface area contributed by atoms with Crippen LogP contribution in [0.25, 0.3) is 0 Å². The summed E-state index contributed by atoms with van der Waals surface area (Å²) in [5, 5.41) is 0. The summed E-state index contributed by atoms with van der Waals surface area (Å²) in [7, 11) is -2.03. The molecule has 0 saturated heterocycles. The van der Waals surface area contributed by atoms with Gasteiger partial charge in [-0.25, -0.2) is 13.1 Å². The molecule has 0 heterocycles. The third-order valence-corrected chi connectivity index (χ3v) is 5.36. The lowest BCUT2D eigenvalue weighted by molar-refractivity contribution is 0.388. The maximum absolute atomic E-state index is 12.4. The van der Waals surface area contributed by atoms with Gasteiger partial charge in [0.25, 0.3) is 0 Å². The van der Waals surface area contributed by atoms with Gasteiger partial charge in [-0.15, -0.1) is 0 Å². The molecule has 0 saturated carbocycles. The van der Waals surface area contributed by atoms with Gasteiger partial charge in [-0.3, -0.25) is 0 Å². The van der Waals surface area contributed by atoms with E-state index in [0.717, 1.165) is 12.8 Å². The van der Waals surface area contributed by atoms with Gasteiger partial charge in [-0.2, -0.15) is 0 Å². The van der Waals surface area contributed by atoms with Gasteiger partial charge in [0.05, 0.1) is 12.0 Å². The molecular formula is C14H24N2O3S. The Morgan fingerprint density at radius 1 is 1.30 bits per heavy atom. The molecule has 0 amide bonds. The molecule has 6 heteroatoms. The van der Waals surface area contributed by atoms with Crippen molar-refractivity contribution in [3.8, 4) is 5.75 Å². The van der Waals surface area contributed by atoms with Gasteiger partial charge < -0.3 is 10.5 Å². The van der Waals surface area contributed by atoms with Crippen LogP contribution in [0.1, 0.15) is 39.2 Å². The van der Waals surface area contributed by atoms with Crippen LogP contribution in [0.15, 0.2) is 23.1 Å². The molecule has 0 aliphatic heterocycles. The van der Waals surface area contributed by atoms with Crippen molar-refractivity contribution < 1.29 is 13.2 Å². The fraction of sp³-hybridized carbons (Fsp3) is 0.571. The zero-order valence-corrected chi connectivity index (χ0v) is 13.4. The fourth-order valence-corrected chi connectivity index (χ4v) is 3.46. The van der Waals surface area contributed by atoms with Gasteiger partial charge >= 0.3 is 0 Å². The van der Waals surface area contributed by atoms with Gasteiger partial charge in [0.2, 0.25) is 10.0 Å². The molecule has 0 fully saturated rings. The van der Waals surface area contributed by atoms with E-state index in [2.05, 4.69) is 4.72 Å². The van der Waals surface area contributed by atoms with E-state index < -0.39 is 15.6 Å². The Bertz CT molecular complexity index is 552. The van der Waals surface area contributed by atoms with Crippen molar-refractivity contribution in [3.05, 3.63) is 23.8 Å². The highest BCUT2D eigenvalue weighted by Crippen LogP contribution is 2.24. The van der Waals surface area contributed by atoms with Crippen molar-refractivity contribution >= 4 is 10.0 Å². The van der Waals surface area contributed by atoms with E-state index >= 15 is 0 Å². The highest BCUT2D eigenvalue weighted by molar-refractivity contribution is 7.89. The second-order valence-electron chi connectivity index (χ2n) is 5.05. The van der Waals surface area contributed by atoms with Gasteiger partial charge in [0.15, 0.2) is 0 Å². The number of ether oxygens (including phenoxy) is 1. The van der Waals surface area contributed by atoms with E-state index in [1.165, 1.54) is 13.2 Å². The van der Waals surface area contributed by atoms with Crippen LogP contribution >= 0.6 is 0 Å².